The first kappa shape index (κ1) is 14.9. The van der Waals surface area contributed by atoms with Crippen molar-refractivity contribution in [3.8, 4) is 0 Å². The first-order valence-electron chi connectivity index (χ1n) is 6.20. The molecule has 0 spiro atoms. The van der Waals surface area contributed by atoms with Crippen LogP contribution in [0.2, 0.25) is 0 Å². The summed E-state index contributed by atoms with van der Waals surface area (Å²) < 4.78 is 0. The van der Waals surface area contributed by atoms with Crippen LogP contribution in [0.4, 0.5) is 4.79 Å². The summed E-state index contributed by atoms with van der Waals surface area (Å²) in [5.74, 6) is 0. The number of hydrogen-bond donors (Lipinski definition) is 3. The van der Waals surface area contributed by atoms with E-state index in [0.29, 0.717) is 13.0 Å². The van der Waals surface area contributed by atoms with Gasteiger partial charge in [0.1, 0.15) is 5.01 Å². The molecule has 0 aliphatic heterocycles. The molecule has 0 saturated carbocycles. The smallest absolute Gasteiger partial charge is 0.315 e. The molecule has 1 heterocycles. The van der Waals surface area contributed by atoms with E-state index in [1.54, 1.807) is 18.3 Å². The highest BCUT2D eigenvalue weighted by molar-refractivity contribution is 7.11. The molecule has 0 aromatic carbocycles. The second kappa shape index (κ2) is 7.33. The Hall–Kier alpha value is -1.14. The maximum Gasteiger partial charge on any atom is 0.315 e. The van der Waals surface area contributed by atoms with Crippen LogP contribution < -0.4 is 10.6 Å². The number of aromatic nitrogens is 1. The number of nitrogens with one attached hydrogen (secondary N) is 2. The van der Waals surface area contributed by atoms with Gasteiger partial charge in [0.2, 0.25) is 0 Å². The first-order valence-corrected chi connectivity index (χ1v) is 7.01. The zero-order valence-corrected chi connectivity index (χ0v) is 11.9. The molecule has 1 aromatic heterocycles. The van der Waals surface area contributed by atoms with Gasteiger partial charge >= 0.3 is 6.03 Å². The van der Waals surface area contributed by atoms with E-state index < -0.39 is 6.10 Å². The summed E-state index contributed by atoms with van der Waals surface area (Å²) in [6.45, 7) is 6.16. The van der Waals surface area contributed by atoms with Crippen LogP contribution in [-0.2, 0) is 6.42 Å². The molecule has 102 valence electrons. The number of carbonyl (C=O) groups is 1. The van der Waals surface area contributed by atoms with Gasteiger partial charge in [0.25, 0.3) is 0 Å². The lowest BCUT2D eigenvalue weighted by atomic mass is 10.3. The minimum absolute atomic E-state index is 0.0955. The summed E-state index contributed by atoms with van der Waals surface area (Å²) >= 11 is 1.62. The first-order chi connectivity index (χ1) is 8.52. The van der Waals surface area contributed by atoms with Crippen LogP contribution in [-0.4, -0.2) is 28.8 Å². The fraction of sp³-hybridized carbons (Fsp3) is 0.667. The highest BCUT2D eigenvalue weighted by Gasteiger charge is 2.12. The van der Waals surface area contributed by atoms with Gasteiger partial charge in [-0.05, 0) is 26.7 Å². The number of aliphatic hydroxyl groups is 1. The minimum atomic E-state index is -0.395. The third-order valence-corrected chi connectivity index (χ3v) is 3.81. The number of hydrogen-bond acceptors (Lipinski definition) is 4. The second-order valence-electron chi connectivity index (χ2n) is 4.28. The summed E-state index contributed by atoms with van der Waals surface area (Å²) in [6.07, 6.45) is 2.97. The number of nitrogens with zero attached hydrogens (tertiary/aromatic N) is 1. The molecule has 2 unspecified atom stereocenters. The molecule has 18 heavy (non-hydrogen) atoms. The van der Waals surface area contributed by atoms with Crippen molar-refractivity contribution >= 4 is 17.4 Å². The molecule has 1 aromatic rings. The van der Waals surface area contributed by atoms with Gasteiger partial charge in [-0.25, -0.2) is 9.78 Å². The van der Waals surface area contributed by atoms with Gasteiger partial charge in [-0.1, -0.05) is 6.92 Å². The van der Waals surface area contributed by atoms with Crippen LogP contribution in [0.5, 0.6) is 0 Å². The van der Waals surface area contributed by atoms with E-state index >= 15 is 0 Å². The molecular formula is C12H21N3O2S. The molecule has 2 atom stereocenters. The molecule has 0 aliphatic rings. The van der Waals surface area contributed by atoms with E-state index in [1.807, 2.05) is 13.1 Å². The summed E-state index contributed by atoms with van der Waals surface area (Å²) in [7, 11) is 0. The van der Waals surface area contributed by atoms with Gasteiger partial charge in [0.15, 0.2) is 0 Å². The zero-order valence-electron chi connectivity index (χ0n) is 11.1. The minimum Gasteiger partial charge on any atom is -0.393 e. The van der Waals surface area contributed by atoms with Crippen LogP contribution in [0, 0.1) is 0 Å². The Bertz CT molecular complexity index is 379. The normalized spacial score (nSPS) is 14.0. The lowest BCUT2D eigenvalue weighted by molar-refractivity contribution is 0.183. The summed E-state index contributed by atoms with van der Waals surface area (Å²) in [5, 5.41) is 15.5. The van der Waals surface area contributed by atoms with Gasteiger partial charge in [-0.2, -0.15) is 0 Å². The van der Waals surface area contributed by atoms with E-state index in [4.69, 9.17) is 5.11 Å². The molecule has 5 nitrogen and oxygen atoms in total. The van der Waals surface area contributed by atoms with E-state index in [0.717, 1.165) is 11.4 Å². The van der Waals surface area contributed by atoms with E-state index in [2.05, 4.69) is 22.5 Å². The molecule has 0 saturated heterocycles. The Labute approximate surface area is 112 Å². The molecular weight excluding hydrogens is 250 g/mol. The number of carbonyl (C=O) groups excluding carboxylic acids is 1. The highest BCUT2D eigenvalue weighted by Crippen LogP contribution is 2.19. The fourth-order valence-corrected chi connectivity index (χ4v) is 2.25. The van der Waals surface area contributed by atoms with Gasteiger partial charge in [0.05, 0.1) is 12.1 Å². The summed E-state index contributed by atoms with van der Waals surface area (Å²) in [6, 6.07) is -0.321. The topological polar surface area (TPSA) is 74.2 Å². The van der Waals surface area contributed by atoms with Crippen molar-refractivity contribution in [1.82, 2.24) is 15.6 Å². The van der Waals surface area contributed by atoms with Crippen molar-refractivity contribution in [3.05, 3.63) is 16.1 Å². The van der Waals surface area contributed by atoms with Crippen molar-refractivity contribution in [3.63, 3.8) is 0 Å². The average molecular weight is 271 g/mol. The van der Waals surface area contributed by atoms with Crippen LogP contribution in [0.3, 0.4) is 0 Å². The summed E-state index contributed by atoms with van der Waals surface area (Å²) in [4.78, 5) is 17.1. The van der Waals surface area contributed by atoms with Crippen molar-refractivity contribution in [2.45, 2.75) is 45.8 Å². The SMILES string of the molecule is CCc1cnc(C(C)NC(=O)NCCC(C)O)s1. The summed E-state index contributed by atoms with van der Waals surface area (Å²) in [5.41, 5.74) is 0. The van der Waals surface area contributed by atoms with Gasteiger partial charge in [-0.3, -0.25) is 0 Å². The van der Waals surface area contributed by atoms with Crippen molar-refractivity contribution in [2.75, 3.05) is 6.54 Å². The quantitative estimate of drug-likeness (QED) is 0.739. The third kappa shape index (κ3) is 5.01. The molecule has 0 fully saturated rings. The average Bonchev–Trinajstić information content (AvgIpc) is 2.76. The van der Waals surface area contributed by atoms with Crippen molar-refractivity contribution in [2.24, 2.45) is 0 Å². The molecule has 0 bridgehead atoms. The lowest BCUT2D eigenvalue weighted by Gasteiger charge is -2.12. The van der Waals surface area contributed by atoms with Crippen LogP contribution >= 0.6 is 11.3 Å². The standard InChI is InChI=1S/C12H21N3O2S/c1-4-10-7-14-11(18-10)9(3)15-12(17)13-6-5-8(2)16/h7-9,16H,4-6H2,1-3H3,(H2,13,15,17). The molecule has 6 heteroatoms. The lowest BCUT2D eigenvalue weighted by Crippen LogP contribution is -2.38. The van der Waals surface area contributed by atoms with Crippen molar-refractivity contribution < 1.29 is 9.90 Å². The predicted octanol–water partition coefficient (Wildman–Crippen LogP) is 1.84. The van der Waals surface area contributed by atoms with Gasteiger partial charge in [-0.15, -0.1) is 11.3 Å². The second-order valence-corrected chi connectivity index (χ2v) is 5.42. The highest BCUT2D eigenvalue weighted by atomic mass is 32.1. The maximum atomic E-state index is 11.6. The number of urea groups is 1. The monoisotopic (exact) mass is 271 g/mol. The molecule has 3 N–H and O–H groups in total. The zero-order chi connectivity index (χ0) is 13.5. The maximum absolute atomic E-state index is 11.6. The number of rotatable bonds is 6. The van der Waals surface area contributed by atoms with Crippen molar-refractivity contribution in [1.29, 1.82) is 0 Å². The molecule has 1 rings (SSSR count). The largest absolute Gasteiger partial charge is 0.393 e. The Kier molecular flexibility index (Phi) is 6.07. The predicted molar refractivity (Wildman–Crippen MR) is 72.7 cm³/mol. The Morgan fingerprint density at radius 1 is 1.56 bits per heavy atom. The van der Waals surface area contributed by atoms with E-state index in [1.165, 1.54) is 4.88 Å². The Balaban J connectivity index is 2.34. The van der Waals surface area contributed by atoms with E-state index in [-0.39, 0.29) is 12.1 Å². The Morgan fingerprint density at radius 2 is 2.28 bits per heavy atom. The molecule has 0 radical (unpaired) electrons. The number of aliphatic hydroxyl groups excluding tert-OH is 1. The number of amides is 2. The number of thiazole rings is 1. The molecule has 0 aliphatic carbocycles. The van der Waals surface area contributed by atoms with Gasteiger partial charge < -0.3 is 15.7 Å². The fourth-order valence-electron chi connectivity index (χ4n) is 1.39. The van der Waals surface area contributed by atoms with Crippen LogP contribution in [0.25, 0.3) is 0 Å². The third-order valence-electron chi connectivity index (χ3n) is 2.49. The van der Waals surface area contributed by atoms with E-state index in [9.17, 15) is 4.79 Å². The van der Waals surface area contributed by atoms with Crippen LogP contribution in [0.1, 0.15) is 43.1 Å². The van der Waals surface area contributed by atoms with Gasteiger partial charge in [0, 0.05) is 17.6 Å². The Morgan fingerprint density at radius 3 is 2.83 bits per heavy atom. The molecule has 2 amide bonds. The van der Waals surface area contributed by atoms with Crippen LogP contribution in [0.15, 0.2) is 6.20 Å². The number of aryl methyl sites for hydroxylation is 1.